The van der Waals surface area contributed by atoms with Crippen molar-refractivity contribution in [3.63, 3.8) is 0 Å². The van der Waals surface area contributed by atoms with E-state index < -0.39 is 0 Å². The second kappa shape index (κ2) is 38.7. The van der Waals surface area contributed by atoms with Crippen LogP contribution in [-0.4, -0.2) is 62.1 Å². The van der Waals surface area contributed by atoms with E-state index in [4.69, 9.17) is 29.2 Å². The Morgan fingerprint density at radius 2 is 0.863 bits per heavy atom. The zero-order valence-corrected chi connectivity index (χ0v) is 33.7. The summed E-state index contributed by atoms with van der Waals surface area (Å²) < 4.78 is 22.9. The smallest absolute Gasteiger partial charge is 0.184 e. The molecule has 0 saturated carbocycles. The van der Waals surface area contributed by atoms with Gasteiger partial charge in [0.15, 0.2) is 6.29 Å². The van der Waals surface area contributed by atoms with Crippen molar-refractivity contribution in [3.05, 3.63) is 35.9 Å². The summed E-state index contributed by atoms with van der Waals surface area (Å²) in [7, 11) is 0. The fourth-order valence-electron chi connectivity index (χ4n) is 6.64. The average Bonchev–Trinajstić information content (AvgIpc) is 3.17. The van der Waals surface area contributed by atoms with Gasteiger partial charge in [-0.25, -0.2) is 0 Å². The van der Waals surface area contributed by atoms with Crippen molar-refractivity contribution in [2.75, 3.05) is 39.6 Å². The van der Waals surface area contributed by atoms with E-state index in [0.29, 0.717) is 19.8 Å². The number of hydrogen-bond donors (Lipinski definition) is 2. The molecule has 0 spiro atoms. The van der Waals surface area contributed by atoms with Crippen LogP contribution in [0.1, 0.15) is 205 Å². The summed E-state index contributed by atoms with van der Waals surface area (Å²) in [6.45, 7) is 7.11. The average molecular weight is 721 g/mol. The van der Waals surface area contributed by atoms with E-state index in [9.17, 15) is 0 Å². The number of rotatable bonds is 35. The SMILES string of the molecule is CCCCCCCCCCCCCCCCOC(CO)CO.CCCCCCCCCCCCCCCCOC1COC(c2ccccc2)OC1. The van der Waals surface area contributed by atoms with Crippen molar-refractivity contribution in [2.24, 2.45) is 0 Å². The van der Waals surface area contributed by atoms with Crippen LogP contribution in [0.4, 0.5) is 0 Å². The van der Waals surface area contributed by atoms with Crippen molar-refractivity contribution in [1.29, 1.82) is 0 Å². The van der Waals surface area contributed by atoms with Gasteiger partial charge >= 0.3 is 0 Å². The molecule has 1 saturated heterocycles. The molecular formula is C45H84O6. The maximum Gasteiger partial charge on any atom is 0.184 e. The van der Waals surface area contributed by atoms with Crippen LogP contribution in [0.25, 0.3) is 0 Å². The molecule has 1 aliphatic heterocycles. The molecule has 2 N–H and O–H groups in total. The molecular weight excluding hydrogens is 636 g/mol. The van der Waals surface area contributed by atoms with Crippen LogP contribution in [0, 0.1) is 0 Å². The maximum atomic E-state index is 8.86. The lowest BCUT2D eigenvalue weighted by Crippen LogP contribution is -2.33. The minimum absolute atomic E-state index is 0.0805. The van der Waals surface area contributed by atoms with Crippen LogP contribution in [-0.2, 0) is 18.9 Å². The summed E-state index contributed by atoms with van der Waals surface area (Å²) in [5, 5.41) is 17.7. The van der Waals surface area contributed by atoms with Crippen molar-refractivity contribution in [1.82, 2.24) is 0 Å². The fourth-order valence-corrected chi connectivity index (χ4v) is 6.64. The summed E-state index contributed by atoms with van der Waals surface area (Å²) in [6, 6.07) is 10.1. The molecule has 0 radical (unpaired) electrons. The van der Waals surface area contributed by atoms with E-state index >= 15 is 0 Å². The van der Waals surface area contributed by atoms with Gasteiger partial charge in [-0.15, -0.1) is 0 Å². The van der Waals surface area contributed by atoms with Gasteiger partial charge in [-0.3, -0.25) is 0 Å². The lowest BCUT2D eigenvalue weighted by Gasteiger charge is -2.29. The van der Waals surface area contributed by atoms with Gasteiger partial charge in [-0.05, 0) is 12.8 Å². The highest BCUT2D eigenvalue weighted by atomic mass is 16.7. The molecule has 51 heavy (non-hydrogen) atoms. The molecule has 0 amide bonds. The second-order valence-electron chi connectivity index (χ2n) is 15.0. The molecule has 300 valence electrons. The Labute approximate surface area is 316 Å². The van der Waals surface area contributed by atoms with E-state index in [0.717, 1.165) is 25.0 Å². The molecule has 0 aromatic heterocycles. The number of ether oxygens (including phenoxy) is 4. The number of benzene rings is 1. The highest BCUT2D eigenvalue weighted by molar-refractivity contribution is 5.16. The first kappa shape index (κ1) is 48.0. The molecule has 1 heterocycles. The molecule has 0 unspecified atom stereocenters. The standard InChI is InChI=1S/C26H44O3.C19H40O3/c1-2-3-4-5-6-7-8-9-10-11-12-13-14-18-21-27-25-22-28-26(29-23-25)24-19-16-15-17-20-24;1-2-3-4-5-6-7-8-9-10-11-12-13-14-15-16-22-19(17-20)18-21/h15-17,19-20,25-26H,2-14,18,21-23H2,1H3;19-21H,2-18H2,1H3. The zero-order chi connectivity index (χ0) is 36.7. The molecule has 0 aliphatic carbocycles. The number of aliphatic hydroxyl groups is 2. The Hall–Kier alpha value is -1.02. The van der Waals surface area contributed by atoms with Gasteiger partial charge in [-0.2, -0.15) is 0 Å². The van der Waals surface area contributed by atoms with Gasteiger partial charge in [0, 0.05) is 18.8 Å². The Bertz CT molecular complexity index is 780. The Morgan fingerprint density at radius 3 is 1.24 bits per heavy atom. The highest BCUT2D eigenvalue weighted by Gasteiger charge is 2.23. The molecule has 1 aliphatic rings. The van der Waals surface area contributed by atoms with E-state index in [1.54, 1.807) is 0 Å². The minimum Gasteiger partial charge on any atom is -0.394 e. The largest absolute Gasteiger partial charge is 0.394 e. The maximum absolute atomic E-state index is 8.86. The van der Waals surface area contributed by atoms with Crippen LogP contribution in [0.5, 0.6) is 0 Å². The summed E-state index contributed by atoms with van der Waals surface area (Å²) in [5.74, 6) is 0. The van der Waals surface area contributed by atoms with Crippen molar-refractivity contribution in [3.8, 4) is 0 Å². The van der Waals surface area contributed by atoms with Crippen molar-refractivity contribution >= 4 is 0 Å². The van der Waals surface area contributed by atoms with Crippen molar-refractivity contribution in [2.45, 2.75) is 212 Å². The molecule has 1 fully saturated rings. The van der Waals surface area contributed by atoms with E-state index in [2.05, 4.69) is 13.8 Å². The van der Waals surface area contributed by atoms with Crippen LogP contribution < -0.4 is 0 Å². The topological polar surface area (TPSA) is 77.4 Å². The number of aliphatic hydroxyl groups excluding tert-OH is 2. The van der Waals surface area contributed by atoms with Gasteiger partial charge in [0.25, 0.3) is 0 Å². The van der Waals surface area contributed by atoms with Gasteiger partial charge in [0.1, 0.15) is 12.2 Å². The van der Waals surface area contributed by atoms with Gasteiger partial charge in [0.05, 0.1) is 26.4 Å². The van der Waals surface area contributed by atoms with E-state index in [1.165, 1.54) is 167 Å². The molecule has 0 bridgehead atoms. The second-order valence-corrected chi connectivity index (χ2v) is 15.0. The first-order valence-electron chi connectivity index (χ1n) is 22.0. The monoisotopic (exact) mass is 721 g/mol. The molecule has 6 heteroatoms. The zero-order valence-electron chi connectivity index (χ0n) is 33.7. The number of unbranched alkanes of at least 4 members (excludes halogenated alkanes) is 26. The lowest BCUT2D eigenvalue weighted by molar-refractivity contribution is -0.230. The third-order valence-corrected chi connectivity index (χ3v) is 10.0. The Balaban J connectivity index is 0.000000532. The van der Waals surface area contributed by atoms with Gasteiger partial charge < -0.3 is 29.2 Å². The van der Waals surface area contributed by atoms with Gasteiger partial charge in [-0.1, -0.05) is 211 Å². The normalized spacial score (nSPS) is 16.0. The highest BCUT2D eigenvalue weighted by Crippen LogP contribution is 2.23. The first-order valence-corrected chi connectivity index (χ1v) is 22.0. The minimum atomic E-state index is -0.387. The summed E-state index contributed by atoms with van der Waals surface area (Å²) in [6.07, 6.45) is 37.8. The summed E-state index contributed by atoms with van der Waals surface area (Å²) >= 11 is 0. The quantitative estimate of drug-likeness (QED) is 0.0680. The lowest BCUT2D eigenvalue weighted by atomic mass is 10.0. The summed E-state index contributed by atoms with van der Waals surface area (Å²) in [4.78, 5) is 0. The van der Waals surface area contributed by atoms with Gasteiger partial charge in [0.2, 0.25) is 0 Å². The molecule has 2 rings (SSSR count). The third-order valence-electron chi connectivity index (χ3n) is 10.0. The molecule has 1 aromatic rings. The predicted octanol–water partition coefficient (Wildman–Crippen LogP) is 12.4. The predicted molar refractivity (Wildman–Crippen MR) is 215 cm³/mol. The Kier molecular flexibility index (Phi) is 36.4. The van der Waals surface area contributed by atoms with Crippen LogP contribution in [0.15, 0.2) is 30.3 Å². The fraction of sp³-hybridized carbons (Fsp3) is 0.867. The Morgan fingerprint density at radius 1 is 0.510 bits per heavy atom. The first-order chi connectivity index (χ1) is 25.2. The molecule has 0 atom stereocenters. The molecule has 1 aromatic carbocycles. The summed E-state index contributed by atoms with van der Waals surface area (Å²) in [5.41, 5.74) is 1.08. The van der Waals surface area contributed by atoms with Crippen LogP contribution >= 0.6 is 0 Å². The third kappa shape index (κ3) is 31.1. The van der Waals surface area contributed by atoms with Crippen LogP contribution in [0.2, 0.25) is 0 Å². The number of hydrogen-bond acceptors (Lipinski definition) is 6. The van der Waals surface area contributed by atoms with Crippen LogP contribution in [0.3, 0.4) is 0 Å². The molecule has 6 nitrogen and oxygen atoms in total. The van der Waals surface area contributed by atoms with E-state index in [-0.39, 0.29) is 31.7 Å². The van der Waals surface area contributed by atoms with Crippen molar-refractivity contribution < 1.29 is 29.2 Å². The van der Waals surface area contributed by atoms with E-state index in [1.807, 2.05) is 30.3 Å².